The van der Waals surface area contributed by atoms with Crippen molar-refractivity contribution in [1.82, 2.24) is 4.98 Å². The van der Waals surface area contributed by atoms with Crippen molar-refractivity contribution < 1.29 is 0 Å². The van der Waals surface area contributed by atoms with E-state index in [0.29, 0.717) is 0 Å². The standard InChI is InChI=1S/C14H22N2/c1-11-5-3-4-6-13(11)10-16-14-7-8-15-9-12(14)2/h7-9,11,13H,3-6,10H2,1-2H3,(H,15,16). The molecule has 1 aliphatic rings. The van der Waals surface area contributed by atoms with Gasteiger partial charge in [-0.1, -0.05) is 26.2 Å². The first-order valence-electron chi connectivity index (χ1n) is 6.42. The molecule has 0 spiro atoms. The van der Waals surface area contributed by atoms with Crippen molar-refractivity contribution in [3.63, 3.8) is 0 Å². The Kier molecular flexibility index (Phi) is 3.81. The maximum absolute atomic E-state index is 4.11. The zero-order chi connectivity index (χ0) is 11.4. The Balaban J connectivity index is 1.89. The van der Waals surface area contributed by atoms with Crippen LogP contribution in [-0.4, -0.2) is 11.5 Å². The van der Waals surface area contributed by atoms with E-state index in [2.05, 4.69) is 30.2 Å². The van der Waals surface area contributed by atoms with Gasteiger partial charge in [-0.2, -0.15) is 0 Å². The van der Waals surface area contributed by atoms with E-state index in [1.165, 1.54) is 36.9 Å². The third-order valence-corrected chi connectivity index (χ3v) is 3.86. The molecule has 0 radical (unpaired) electrons. The minimum absolute atomic E-state index is 0.848. The van der Waals surface area contributed by atoms with Crippen molar-refractivity contribution in [1.29, 1.82) is 0 Å². The molecule has 1 aromatic rings. The SMILES string of the molecule is Cc1cnccc1NCC1CCCCC1C. The average Bonchev–Trinajstić information content (AvgIpc) is 2.30. The predicted molar refractivity (Wildman–Crippen MR) is 68.6 cm³/mol. The number of pyridine rings is 1. The molecule has 1 aliphatic carbocycles. The van der Waals surface area contributed by atoms with Crippen molar-refractivity contribution in [2.75, 3.05) is 11.9 Å². The average molecular weight is 218 g/mol. The van der Waals surface area contributed by atoms with E-state index in [0.717, 1.165) is 18.4 Å². The van der Waals surface area contributed by atoms with Gasteiger partial charge in [-0.05, 0) is 36.8 Å². The summed E-state index contributed by atoms with van der Waals surface area (Å²) in [6, 6.07) is 2.07. The molecule has 2 heteroatoms. The van der Waals surface area contributed by atoms with Crippen LogP contribution < -0.4 is 5.32 Å². The fraction of sp³-hybridized carbons (Fsp3) is 0.643. The number of aryl methyl sites for hydroxylation is 1. The van der Waals surface area contributed by atoms with Crippen molar-refractivity contribution >= 4 is 5.69 Å². The van der Waals surface area contributed by atoms with Crippen LogP contribution >= 0.6 is 0 Å². The number of anilines is 1. The lowest BCUT2D eigenvalue weighted by atomic mass is 9.80. The second-order valence-corrected chi connectivity index (χ2v) is 5.09. The van der Waals surface area contributed by atoms with Crippen LogP contribution in [-0.2, 0) is 0 Å². The van der Waals surface area contributed by atoms with E-state index in [1.54, 1.807) is 0 Å². The van der Waals surface area contributed by atoms with Gasteiger partial charge in [0, 0.05) is 24.6 Å². The lowest BCUT2D eigenvalue weighted by Gasteiger charge is -2.29. The minimum Gasteiger partial charge on any atom is -0.384 e. The normalized spacial score (nSPS) is 25.4. The lowest BCUT2D eigenvalue weighted by Crippen LogP contribution is -2.24. The Bertz CT molecular complexity index is 335. The Morgan fingerprint density at radius 1 is 1.38 bits per heavy atom. The monoisotopic (exact) mass is 218 g/mol. The first-order valence-corrected chi connectivity index (χ1v) is 6.42. The van der Waals surface area contributed by atoms with E-state index in [9.17, 15) is 0 Å². The van der Waals surface area contributed by atoms with Crippen LogP contribution in [0.3, 0.4) is 0 Å². The highest BCUT2D eigenvalue weighted by Gasteiger charge is 2.20. The third-order valence-electron chi connectivity index (χ3n) is 3.86. The summed E-state index contributed by atoms with van der Waals surface area (Å²) in [4.78, 5) is 4.11. The summed E-state index contributed by atoms with van der Waals surface area (Å²) < 4.78 is 0. The second kappa shape index (κ2) is 5.33. The molecule has 1 fully saturated rings. The molecular formula is C14H22N2. The molecule has 0 aromatic carbocycles. The summed E-state index contributed by atoms with van der Waals surface area (Å²) >= 11 is 0. The van der Waals surface area contributed by atoms with Crippen LogP contribution in [0.1, 0.15) is 38.2 Å². The van der Waals surface area contributed by atoms with Crippen LogP contribution in [0.25, 0.3) is 0 Å². The number of aromatic nitrogens is 1. The van der Waals surface area contributed by atoms with E-state index in [1.807, 2.05) is 12.4 Å². The smallest absolute Gasteiger partial charge is 0.0400 e. The third kappa shape index (κ3) is 2.75. The fourth-order valence-electron chi connectivity index (χ4n) is 2.61. The van der Waals surface area contributed by atoms with Gasteiger partial charge in [0.15, 0.2) is 0 Å². The maximum atomic E-state index is 4.11. The molecule has 0 amide bonds. The molecule has 2 atom stereocenters. The molecule has 1 saturated carbocycles. The first kappa shape index (κ1) is 11.4. The quantitative estimate of drug-likeness (QED) is 0.838. The molecule has 2 rings (SSSR count). The van der Waals surface area contributed by atoms with Crippen LogP contribution in [0.4, 0.5) is 5.69 Å². The summed E-state index contributed by atoms with van der Waals surface area (Å²) in [5.74, 6) is 1.73. The predicted octanol–water partition coefficient (Wildman–Crippen LogP) is 3.63. The minimum atomic E-state index is 0.848. The van der Waals surface area contributed by atoms with Gasteiger partial charge in [0.25, 0.3) is 0 Å². The van der Waals surface area contributed by atoms with Gasteiger partial charge < -0.3 is 5.32 Å². The van der Waals surface area contributed by atoms with Crippen molar-refractivity contribution in [2.24, 2.45) is 11.8 Å². The van der Waals surface area contributed by atoms with Gasteiger partial charge in [0.05, 0.1) is 0 Å². The van der Waals surface area contributed by atoms with E-state index in [-0.39, 0.29) is 0 Å². The summed E-state index contributed by atoms with van der Waals surface area (Å²) in [5.41, 5.74) is 2.48. The molecule has 1 heterocycles. The van der Waals surface area contributed by atoms with Crippen LogP contribution in [0.5, 0.6) is 0 Å². The molecule has 1 aromatic heterocycles. The number of nitrogens with zero attached hydrogens (tertiary/aromatic N) is 1. The van der Waals surface area contributed by atoms with Gasteiger partial charge >= 0.3 is 0 Å². The van der Waals surface area contributed by atoms with Crippen LogP contribution in [0.15, 0.2) is 18.5 Å². The Morgan fingerprint density at radius 2 is 2.19 bits per heavy atom. The molecule has 1 N–H and O–H groups in total. The number of rotatable bonds is 3. The fourth-order valence-corrected chi connectivity index (χ4v) is 2.61. The Hall–Kier alpha value is -1.05. The van der Waals surface area contributed by atoms with Gasteiger partial charge in [-0.25, -0.2) is 0 Å². The van der Waals surface area contributed by atoms with Gasteiger partial charge in [-0.3, -0.25) is 4.98 Å². The molecule has 0 bridgehead atoms. The molecule has 2 nitrogen and oxygen atoms in total. The van der Waals surface area contributed by atoms with Crippen molar-refractivity contribution in [3.05, 3.63) is 24.0 Å². The van der Waals surface area contributed by atoms with Crippen LogP contribution in [0, 0.1) is 18.8 Å². The number of hydrogen-bond acceptors (Lipinski definition) is 2. The van der Waals surface area contributed by atoms with Gasteiger partial charge in [0.2, 0.25) is 0 Å². The van der Waals surface area contributed by atoms with E-state index < -0.39 is 0 Å². The van der Waals surface area contributed by atoms with Crippen LogP contribution in [0.2, 0.25) is 0 Å². The number of nitrogens with one attached hydrogen (secondary N) is 1. The summed E-state index contributed by atoms with van der Waals surface area (Å²) in [6.45, 7) is 5.62. The zero-order valence-corrected chi connectivity index (χ0v) is 10.4. The zero-order valence-electron chi connectivity index (χ0n) is 10.4. The molecule has 88 valence electrons. The van der Waals surface area contributed by atoms with Gasteiger partial charge in [-0.15, -0.1) is 0 Å². The molecule has 0 aliphatic heterocycles. The summed E-state index contributed by atoms with van der Waals surface area (Å²) in [7, 11) is 0. The number of hydrogen-bond donors (Lipinski definition) is 1. The molecule has 2 unspecified atom stereocenters. The Morgan fingerprint density at radius 3 is 2.94 bits per heavy atom. The van der Waals surface area contributed by atoms with E-state index in [4.69, 9.17) is 0 Å². The highest BCUT2D eigenvalue weighted by atomic mass is 14.9. The molecule has 0 saturated heterocycles. The summed E-state index contributed by atoms with van der Waals surface area (Å²) in [6.07, 6.45) is 9.41. The highest BCUT2D eigenvalue weighted by molar-refractivity contribution is 5.48. The first-order chi connectivity index (χ1) is 7.77. The van der Waals surface area contributed by atoms with Crippen molar-refractivity contribution in [2.45, 2.75) is 39.5 Å². The molecule has 16 heavy (non-hydrogen) atoms. The maximum Gasteiger partial charge on any atom is 0.0400 e. The van der Waals surface area contributed by atoms with E-state index >= 15 is 0 Å². The highest BCUT2D eigenvalue weighted by Crippen LogP contribution is 2.29. The Labute approximate surface area is 98.5 Å². The lowest BCUT2D eigenvalue weighted by molar-refractivity contribution is 0.268. The summed E-state index contributed by atoms with van der Waals surface area (Å²) in [5, 5.41) is 3.57. The van der Waals surface area contributed by atoms with Gasteiger partial charge in [0.1, 0.15) is 0 Å². The van der Waals surface area contributed by atoms with Crippen molar-refractivity contribution in [3.8, 4) is 0 Å². The topological polar surface area (TPSA) is 24.9 Å². The molecular weight excluding hydrogens is 196 g/mol. The second-order valence-electron chi connectivity index (χ2n) is 5.09. The largest absolute Gasteiger partial charge is 0.384 e.